The van der Waals surface area contributed by atoms with Gasteiger partial charge in [0.25, 0.3) is 0 Å². The molecule has 0 unspecified atom stereocenters. The summed E-state index contributed by atoms with van der Waals surface area (Å²) in [7, 11) is -2.16. The molecule has 5 nitrogen and oxygen atoms in total. The highest BCUT2D eigenvalue weighted by Crippen LogP contribution is 2.28. The molecule has 1 fully saturated rings. The molecule has 1 aromatic carbocycles. The Morgan fingerprint density at radius 3 is 2.62 bits per heavy atom. The lowest BCUT2D eigenvalue weighted by Gasteiger charge is -2.22. The lowest BCUT2D eigenvalue weighted by Crippen LogP contribution is -2.35. The highest BCUT2D eigenvalue weighted by molar-refractivity contribution is 9.10. The summed E-state index contributed by atoms with van der Waals surface area (Å²) < 4.78 is 39.8. The average Bonchev–Trinajstić information content (AvgIpc) is 2.93. The van der Waals surface area contributed by atoms with Gasteiger partial charge in [-0.15, -0.1) is 0 Å². The van der Waals surface area contributed by atoms with Gasteiger partial charge in [-0.05, 0) is 54.0 Å². The zero-order valence-electron chi connectivity index (χ0n) is 11.8. The smallest absolute Gasteiger partial charge is 0.244 e. The van der Waals surface area contributed by atoms with Gasteiger partial charge in [0.05, 0.1) is 10.6 Å². The molecule has 0 radical (unpaired) electrons. The zero-order valence-corrected chi connectivity index (χ0v) is 14.3. The van der Waals surface area contributed by atoms with Gasteiger partial charge in [-0.1, -0.05) is 0 Å². The van der Waals surface area contributed by atoms with E-state index in [9.17, 15) is 12.8 Å². The van der Waals surface area contributed by atoms with Gasteiger partial charge in [0.15, 0.2) is 0 Å². The van der Waals surface area contributed by atoms with Crippen molar-refractivity contribution in [2.24, 2.45) is 0 Å². The van der Waals surface area contributed by atoms with Crippen molar-refractivity contribution >= 4 is 31.6 Å². The predicted molar refractivity (Wildman–Crippen MR) is 84.0 cm³/mol. The van der Waals surface area contributed by atoms with E-state index in [4.69, 9.17) is 5.73 Å². The number of hydrogen-bond acceptors (Lipinski definition) is 4. The second kappa shape index (κ2) is 6.60. The van der Waals surface area contributed by atoms with Crippen molar-refractivity contribution in [1.29, 1.82) is 0 Å². The van der Waals surface area contributed by atoms with Gasteiger partial charge in [0, 0.05) is 24.6 Å². The Hall–Kier alpha value is -0.700. The minimum absolute atomic E-state index is 0.00896. The number of rotatable bonds is 5. The van der Waals surface area contributed by atoms with E-state index in [2.05, 4.69) is 20.8 Å². The van der Waals surface area contributed by atoms with Crippen LogP contribution in [0.1, 0.15) is 12.8 Å². The fourth-order valence-corrected chi connectivity index (χ4v) is 4.49. The van der Waals surface area contributed by atoms with Crippen LogP contribution in [0.15, 0.2) is 21.5 Å². The number of sulfonamides is 1. The van der Waals surface area contributed by atoms with Crippen LogP contribution >= 0.6 is 15.9 Å². The molecule has 2 N–H and O–H groups in total. The highest BCUT2D eigenvalue weighted by atomic mass is 79.9. The number of anilines is 1. The Labute approximate surface area is 133 Å². The first-order chi connectivity index (χ1) is 9.82. The Bertz CT molecular complexity index is 618. The monoisotopic (exact) mass is 379 g/mol. The molecule has 21 heavy (non-hydrogen) atoms. The standard InChI is InChI=1S/C13H19BrFN3O2S/c1-17(6-7-18-4-2-3-5-18)21(19,20)13-9-12(16)11(15)8-10(13)14/h8-9H,2-7,16H2,1H3. The number of benzene rings is 1. The van der Waals surface area contributed by atoms with Crippen LogP contribution in [0.25, 0.3) is 0 Å². The van der Waals surface area contributed by atoms with E-state index in [0.717, 1.165) is 38.1 Å². The summed E-state index contributed by atoms with van der Waals surface area (Å²) in [5, 5.41) is 0. The van der Waals surface area contributed by atoms with E-state index in [0.29, 0.717) is 13.1 Å². The Balaban J connectivity index is 2.14. The van der Waals surface area contributed by atoms with Crippen LogP contribution in [0.5, 0.6) is 0 Å². The molecule has 1 aromatic rings. The lowest BCUT2D eigenvalue weighted by atomic mass is 10.3. The number of nitrogens with zero attached hydrogens (tertiary/aromatic N) is 2. The topological polar surface area (TPSA) is 66.6 Å². The maximum Gasteiger partial charge on any atom is 0.244 e. The summed E-state index contributed by atoms with van der Waals surface area (Å²) in [6, 6.07) is 2.23. The molecule has 0 bridgehead atoms. The van der Waals surface area contributed by atoms with Crippen LogP contribution in [0.4, 0.5) is 10.1 Å². The molecule has 0 spiro atoms. The molecule has 8 heteroatoms. The van der Waals surface area contributed by atoms with Crippen molar-refractivity contribution in [2.45, 2.75) is 17.7 Å². The molecule has 1 heterocycles. The second-order valence-corrected chi connectivity index (χ2v) is 8.05. The van der Waals surface area contributed by atoms with Crippen LogP contribution in [0.3, 0.4) is 0 Å². The third-order valence-corrected chi connectivity index (χ3v) is 6.48. The number of nitrogens with two attached hydrogens (primary N) is 1. The molecule has 1 aliphatic rings. The normalized spacial score (nSPS) is 16.8. The largest absolute Gasteiger partial charge is 0.396 e. The van der Waals surface area contributed by atoms with Crippen LogP contribution in [0.2, 0.25) is 0 Å². The number of likely N-dealkylation sites (N-methyl/N-ethyl adjacent to an activating group) is 1. The van der Waals surface area contributed by atoms with Gasteiger partial charge in [-0.2, -0.15) is 4.31 Å². The molecular formula is C13H19BrFN3O2S. The van der Waals surface area contributed by atoms with E-state index >= 15 is 0 Å². The van der Waals surface area contributed by atoms with Crippen molar-refractivity contribution in [3.05, 3.63) is 22.4 Å². The van der Waals surface area contributed by atoms with Gasteiger partial charge < -0.3 is 10.6 Å². The zero-order chi connectivity index (χ0) is 15.6. The van der Waals surface area contributed by atoms with Gasteiger partial charge in [0.2, 0.25) is 10.0 Å². The molecule has 2 rings (SSSR count). The number of halogens is 2. The van der Waals surface area contributed by atoms with Crippen molar-refractivity contribution in [1.82, 2.24) is 9.21 Å². The van der Waals surface area contributed by atoms with Crippen LogP contribution in [-0.2, 0) is 10.0 Å². The molecule has 0 aromatic heterocycles. The molecule has 0 saturated carbocycles. The fourth-order valence-electron chi connectivity index (χ4n) is 2.32. The molecule has 0 aliphatic carbocycles. The molecule has 1 saturated heterocycles. The van der Waals surface area contributed by atoms with Crippen LogP contribution < -0.4 is 5.73 Å². The summed E-state index contributed by atoms with van der Waals surface area (Å²) in [6.45, 7) is 3.12. The van der Waals surface area contributed by atoms with Gasteiger partial charge in [0.1, 0.15) is 5.82 Å². The maximum atomic E-state index is 13.3. The number of hydrogen-bond donors (Lipinski definition) is 1. The Morgan fingerprint density at radius 2 is 2.00 bits per heavy atom. The summed E-state index contributed by atoms with van der Waals surface area (Å²) in [4.78, 5) is 2.23. The number of nitrogen functional groups attached to an aromatic ring is 1. The molecule has 1 aliphatic heterocycles. The van der Waals surface area contributed by atoms with E-state index in [1.807, 2.05) is 0 Å². The Morgan fingerprint density at radius 1 is 1.38 bits per heavy atom. The first kappa shape index (κ1) is 16.7. The third kappa shape index (κ3) is 3.74. The number of likely N-dealkylation sites (tertiary alicyclic amines) is 1. The van der Waals surface area contributed by atoms with Crippen LogP contribution in [-0.4, -0.2) is 50.8 Å². The Kier molecular flexibility index (Phi) is 5.24. The molecule has 0 atom stereocenters. The first-order valence-electron chi connectivity index (χ1n) is 6.75. The predicted octanol–water partition coefficient (Wildman–Crippen LogP) is 1.89. The minimum atomic E-state index is -3.69. The second-order valence-electron chi connectivity index (χ2n) is 5.18. The van der Waals surface area contributed by atoms with Crippen molar-refractivity contribution in [3.8, 4) is 0 Å². The highest BCUT2D eigenvalue weighted by Gasteiger charge is 2.25. The third-order valence-electron chi connectivity index (χ3n) is 3.67. The minimum Gasteiger partial charge on any atom is -0.396 e. The van der Waals surface area contributed by atoms with Gasteiger partial charge in [-0.25, -0.2) is 12.8 Å². The van der Waals surface area contributed by atoms with Crippen molar-refractivity contribution < 1.29 is 12.8 Å². The van der Waals surface area contributed by atoms with Crippen molar-refractivity contribution in [2.75, 3.05) is 39.0 Å². The average molecular weight is 380 g/mol. The summed E-state index contributed by atoms with van der Waals surface area (Å²) >= 11 is 3.09. The summed E-state index contributed by atoms with van der Waals surface area (Å²) in [5.41, 5.74) is 5.30. The van der Waals surface area contributed by atoms with E-state index in [1.54, 1.807) is 0 Å². The first-order valence-corrected chi connectivity index (χ1v) is 8.99. The van der Waals surface area contributed by atoms with Gasteiger partial charge >= 0.3 is 0 Å². The van der Waals surface area contributed by atoms with E-state index < -0.39 is 15.8 Å². The molecular weight excluding hydrogens is 361 g/mol. The summed E-state index contributed by atoms with van der Waals surface area (Å²) in [6.07, 6.45) is 2.33. The molecule has 0 amide bonds. The lowest BCUT2D eigenvalue weighted by molar-refractivity contribution is 0.310. The quantitative estimate of drug-likeness (QED) is 0.793. The SMILES string of the molecule is CN(CCN1CCCC1)S(=O)(=O)c1cc(N)c(F)cc1Br. The maximum absolute atomic E-state index is 13.3. The van der Waals surface area contributed by atoms with Gasteiger partial charge in [-0.3, -0.25) is 0 Å². The fraction of sp³-hybridized carbons (Fsp3) is 0.538. The summed E-state index contributed by atoms with van der Waals surface area (Å²) in [5.74, 6) is -0.638. The van der Waals surface area contributed by atoms with E-state index in [-0.39, 0.29) is 15.1 Å². The van der Waals surface area contributed by atoms with E-state index in [1.165, 1.54) is 11.4 Å². The van der Waals surface area contributed by atoms with Crippen LogP contribution in [0, 0.1) is 5.82 Å². The molecule has 118 valence electrons. The van der Waals surface area contributed by atoms with Crippen molar-refractivity contribution in [3.63, 3.8) is 0 Å².